The summed E-state index contributed by atoms with van der Waals surface area (Å²) in [5.74, 6) is 3.27. The Bertz CT molecular complexity index is 2410. The molecule has 0 radical (unpaired) electrons. The molecule has 0 atom stereocenters. The molecule has 0 N–H and O–H groups in total. The lowest BCUT2D eigenvalue weighted by molar-refractivity contribution is 0.477. The SMILES string of the molecule is c1ccc(-n2c3ccccc3c3cc(N4c5ccccc5Oc5ccccc54)cc(N4c5ccccc5Oc5ccccc54)c32)cc1. The van der Waals surface area contributed by atoms with Gasteiger partial charge in [-0.1, -0.05) is 84.9 Å². The van der Waals surface area contributed by atoms with E-state index in [1.54, 1.807) is 0 Å². The second kappa shape index (κ2) is 10.0. The van der Waals surface area contributed by atoms with Crippen molar-refractivity contribution in [1.29, 1.82) is 0 Å². The lowest BCUT2D eigenvalue weighted by atomic mass is 10.0. The lowest BCUT2D eigenvalue weighted by Crippen LogP contribution is -2.19. The maximum absolute atomic E-state index is 6.48. The predicted octanol–water partition coefficient (Wildman–Crippen LogP) is 11.9. The highest BCUT2D eigenvalue weighted by Crippen LogP contribution is 2.56. The van der Waals surface area contributed by atoms with Crippen molar-refractivity contribution in [2.75, 3.05) is 9.80 Å². The van der Waals surface area contributed by atoms with Crippen LogP contribution in [0.5, 0.6) is 23.0 Å². The molecule has 5 nitrogen and oxygen atoms in total. The molecule has 222 valence electrons. The van der Waals surface area contributed by atoms with E-state index >= 15 is 0 Å². The molecule has 2 aliphatic heterocycles. The molecule has 0 fully saturated rings. The molecule has 0 amide bonds. The fourth-order valence-electron chi connectivity index (χ4n) is 7.15. The van der Waals surface area contributed by atoms with Crippen molar-refractivity contribution in [3.8, 4) is 28.7 Å². The van der Waals surface area contributed by atoms with Crippen LogP contribution >= 0.6 is 0 Å². The lowest BCUT2D eigenvalue weighted by Gasteiger charge is -2.36. The highest BCUT2D eigenvalue weighted by Gasteiger charge is 2.32. The Morgan fingerprint density at radius 1 is 0.340 bits per heavy atom. The molecule has 2 aliphatic rings. The summed E-state index contributed by atoms with van der Waals surface area (Å²) in [4.78, 5) is 4.68. The molecular weight excluding hydrogens is 578 g/mol. The third-order valence-electron chi connectivity index (χ3n) is 9.11. The van der Waals surface area contributed by atoms with Crippen LogP contribution < -0.4 is 19.3 Å². The van der Waals surface area contributed by atoms with Gasteiger partial charge in [0, 0.05) is 22.1 Å². The smallest absolute Gasteiger partial charge is 0.151 e. The number of fused-ring (bicyclic) bond motifs is 7. The average Bonchev–Trinajstić information content (AvgIpc) is 3.47. The third kappa shape index (κ3) is 3.83. The highest BCUT2D eigenvalue weighted by atomic mass is 16.5. The van der Waals surface area contributed by atoms with Crippen LogP contribution in [-0.2, 0) is 0 Å². The van der Waals surface area contributed by atoms with Crippen molar-refractivity contribution in [2.45, 2.75) is 0 Å². The van der Waals surface area contributed by atoms with Crippen LogP contribution in [0.25, 0.3) is 27.5 Å². The maximum Gasteiger partial charge on any atom is 0.151 e. The van der Waals surface area contributed by atoms with Crippen molar-refractivity contribution in [3.63, 3.8) is 0 Å². The molecule has 0 aliphatic carbocycles. The number of nitrogens with zero attached hydrogens (tertiary/aromatic N) is 3. The van der Waals surface area contributed by atoms with Gasteiger partial charge in [-0.05, 0) is 78.9 Å². The Labute approximate surface area is 271 Å². The first-order valence-corrected chi connectivity index (χ1v) is 15.8. The number of ether oxygens (including phenoxy) is 2. The van der Waals surface area contributed by atoms with Crippen LogP contribution in [0, 0.1) is 0 Å². The minimum atomic E-state index is 0.814. The maximum atomic E-state index is 6.48. The van der Waals surface area contributed by atoms with Crippen molar-refractivity contribution in [3.05, 3.63) is 164 Å². The molecule has 3 heterocycles. The number of benzene rings is 7. The zero-order valence-electron chi connectivity index (χ0n) is 25.2. The molecule has 10 rings (SSSR count). The van der Waals surface area contributed by atoms with Gasteiger partial charge in [0.15, 0.2) is 23.0 Å². The van der Waals surface area contributed by atoms with Gasteiger partial charge in [0.2, 0.25) is 0 Å². The molecule has 8 aromatic rings. The first-order chi connectivity index (χ1) is 23.3. The molecule has 0 spiro atoms. The van der Waals surface area contributed by atoms with Crippen LogP contribution in [0.15, 0.2) is 164 Å². The number of hydrogen-bond acceptors (Lipinski definition) is 4. The van der Waals surface area contributed by atoms with Crippen LogP contribution in [0.4, 0.5) is 34.1 Å². The van der Waals surface area contributed by atoms with E-state index in [2.05, 4.69) is 130 Å². The summed E-state index contributed by atoms with van der Waals surface area (Å²) in [6, 6.07) is 57.0. The topological polar surface area (TPSA) is 29.9 Å². The summed E-state index contributed by atoms with van der Waals surface area (Å²) in [5.41, 5.74) is 9.39. The Balaban J connectivity index is 1.37. The number of rotatable bonds is 3. The molecule has 47 heavy (non-hydrogen) atoms. The molecule has 1 aromatic heterocycles. The van der Waals surface area contributed by atoms with Gasteiger partial charge in [0.25, 0.3) is 0 Å². The second-order valence-corrected chi connectivity index (χ2v) is 11.8. The molecule has 0 saturated heterocycles. The second-order valence-electron chi connectivity index (χ2n) is 11.8. The molecule has 0 bridgehead atoms. The molecular formula is C42H27N3O2. The summed E-state index contributed by atoms with van der Waals surface area (Å²) in [6.45, 7) is 0. The fraction of sp³-hybridized carbons (Fsp3) is 0. The van der Waals surface area contributed by atoms with E-state index < -0.39 is 0 Å². The molecule has 0 saturated carbocycles. The van der Waals surface area contributed by atoms with E-state index in [0.717, 1.165) is 79.2 Å². The van der Waals surface area contributed by atoms with Crippen molar-refractivity contribution < 1.29 is 9.47 Å². The number of para-hydroxylation sites is 10. The van der Waals surface area contributed by atoms with Gasteiger partial charge in [0.05, 0.1) is 39.5 Å². The Kier molecular flexibility index (Phi) is 5.51. The van der Waals surface area contributed by atoms with Gasteiger partial charge >= 0.3 is 0 Å². The minimum absolute atomic E-state index is 0.814. The predicted molar refractivity (Wildman–Crippen MR) is 190 cm³/mol. The first kappa shape index (κ1) is 25.8. The van der Waals surface area contributed by atoms with Crippen LogP contribution in [-0.4, -0.2) is 4.57 Å². The zero-order chi connectivity index (χ0) is 30.9. The van der Waals surface area contributed by atoms with Crippen LogP contribution in [0.2, 0.25) is 0 Å². The molecule has 5 heteroatoms. The highest BCUT2D eigenvalue weighted by molar-refractivity contribution is 6.16. The largest absolute Gasteiger partial charge is 0.453 e. The van der Waals surface area contributed by atoms with Crippen molar-refractivity contribution >= 4 is 55.9 Å². The van der Waals surface area contributed by atoms with Gasteiger partial charge in [0.1, 0.15) is 0 Å². The summed E-state index contributed by atoms with van der Waals surface area (Å²) >= 11 is 0. The van der Waals surface area contributed by atoms with Crippen molar-refractivity contribution in [2.24, 2.45) is 0 Å². The Hall–Kier alpha value is -6.46. The van der Waals surface area contributed by atoms with Gasteiger partial charge in [-0.15, -0.1) is 0 Å². The zero-order valence-corrected chi connectivity index (χ0v) is 25.2. The monoisotopic (exact) mass is 605 g/mol. The van der Waals surface area contributed by atoms with Gasteiger partial charge in [-0.25, -0.2) is 0 Å². The Morgan fingerprint density at radius 2 is 0.809 bits per heavy atom. The van der Waals surface area contributed by atoms with Crippen LogP contribution in [0.1, 0.15) is 0 Å². The van der Waals surface area contributed by atoms with Gasteiger partial charge < -0.3 is 23.8 Å². The van der Waals surface area contributed by atoms with E-state index in [-0.39, 0.29) is 0 Å². The summed E-state index contributed by atoms with van der Waals surface area (Å²) in [6.07, 6.45) is 0. The van der Waals surface area contributed by atoms with Crippen LogP contribution in [0.3, 0.4) is 0 Å². The quantitative estimate of drug-likeness (QED) is 0.200. The molecule has 0 unspecified atom stereocenters. The number of hydrogen-bond donors (Lipinski definition) is 0. The van der Waals surface area contributed by atoms with E-state index in [1.165, 1.54) is 5.39 Å². The summed E-state index contributed by atoms with van der Waals surface area (Å²) in [5, 5.41) is 2.33. The van der Waals surface area contributed by atoms with Crippen molar-refractivity contribution in [1.82, 2.24) is 4.57 Å². The summed E-state index contributed by atoms with van der Waals surface area (Å²) in [7, 11) is 0. The minimum Gasteiger partial charge on any atom is -0.453 e. The Morgan fingerprint density at radius 3 is 1.38 bits per heavy atom. The van der Waals surface area contributed by atoms with E-state index in [9.17, 15) is 0 Å². The summed E-state index contributed by atoms with van der Waals surface area (Å²) < 4.78 is 15.3. The standard InChI is InChI=1S/C42H27N3O2/c1-2-14-28(15-3-1)44-32-17-5-4-16-30(32)31-26-29(43-33-18-6-10-22-38(33)46-39-23-11-7-19-34(39)43)27-37(42(31)44)45-35-20-8-12-24-40(35)47-41-25-13-9-21-36(41)45/h1-27H. The third-order valence-corrected chi connectivity index (χ3v) is 9.11. The molecule has 7 aromatic carbocycles. The van der Waals surface area contributed by atoms with E-state index in [4.69, 9.17) is 9.47 Å². The number of anilines is 6. The van der Waals surface area contributed by atoms with Gasteiger partial charge in [-0.3, -0.25) is 0 Å². The fourth-order valence-corrected chi connectivity index (χ4v) is 7.15. The van der Waals surface area contributed by atoms with Gasteiger partial charge in [-0.2, -0.15) is 0 Å². The first-order valence-electron chi connectivity index (χ1n) is 15.8. The van der Waals surface area contributed by atoms with E-state index in [0.29, 0.717) is 0 Å². The average molecular weight is 606 g/mol. The number of aromatic nitrogens is 1. The normalized spacial score (nSPS) is 12.9. The van der Waals surface area contributed by atoms with E-state index in [1.807, 2.05) is 48.5 Å².